The Labute approximate surface area is 191 Å². The number of anilines is 2. The molecule has 0 radical (unpaired) electrons. The molecular weight excluding hydrogens is 404 g/mol. The van der Waals surface area contributed by atoms with Crippen molar-refractivity contribution in [2.24, 2.45) is 0 Å². The Hall–Kier alpha value is -2.61. The molecule has 174 valence electrons. The quantitative estimate of drug-likeness (QED) is 0.499. The fraction of sp³-hybridized carbons (Fsp3) is 0.480. The van der Waals surface area contributed by atoms with Crippen LogP contribution in [0.3, 0.4) is 0 Å². The highest BCUT2D eigenvalue weighted by atomic mass is 16.5. The molecule has 1 heterocycles. The van der Waals surface area contributed by atoms with Crippen molar-refractivity contribution in [3.8, 4) is 5.75 Å². The van der Waals surface area contributed by atoms with Crippen LogP contribution in [0.2, 0.25) is 0 Å². The van der Waals surface area contributed by atoms with E-state index in [1.807, 2.05) is 32.0 Å². The van der Waals surface area contributed by atoms with Gasteiger partial charge in [0.25, 0.3) is 0 Å². The summed E-state index contributed by atoms with van der Waals surface area (Å²) in [6, 6.07) is 18.1. The molecule has 1 saturated heterocycles. The van der Waals surface area contributed by atoms with Crippen LogP contribution in [0.1, 0.15) is 20.3 Å². The molecule has 0 spiro atoms. The van der Waals surface area contributed by atoms with Crippen molar-refractivity contribution < 1.29 is 14.6 Å². The van der Waals surface area contributed by atoms with E-state index in [1.165, 1.54) is 5.69 Å². The molecule has 1 aliphatic heterocycles. The van der Waals surface area contributed by atoms with E-state index in [-0.39, 0.29) is 12.5 Å². The smallest absolute Gasteiger partial charge is 0.225 e. The number of rotatable bonds is 11. The molecule has 1 fully saturated rings. The summed E-state index contributed by atoms with van der Waals surface area (Å²) in [5.41, 5.74) is 2.01. The van der Waals surface area contributed by atoms with Gasteiger partial charge in [0.15, 0.2) is 0 Å². The van der Waals surface area contributed by atoms with Crippen LogP contribution < -0.4 is 20.3 Å². The Morgan fingerprint density at radius 3 is 2.38 bits per heavy atom. The van der Waals surface area contributed by atoms with Gasteiger partial charge in [0.2, 0.25) is 5.91 Å². The number of ether oxygens (including phenoxy) is 1. The summed E-state index contributed by atoms with van der Waals surface area (Å²) in [5.74, 6) is 0.683. The molecule has 32 heavy (non-hydrogen) atoms. The van der Waals surface area contributed by atoms with Gasteiger partial charge >= 0.3 is 0 Å². The molecule has 2 aromatic carbocycles. The molecule has 0 bridgehead atoms. The van der Waals surface area contributed by atoms with Crippen molar-refractivity contribution in [1.82, 2.24) is 10.2 Å². The topological polar surface area (TPSA) is 77.1 Å². The Morgan fingerprint density at radius 1 is 1.03 bits per heavy atom. The average molecular weight is 441 g/mol. The number of benzene rings is 2. The highest BCUT2D eigenvalue weighted by Crippen LogP contribution is 2.17. The predicted octanol–water partition coefficient (Wildman–Crippen LogP) is 2.58. The van der Waals surface area contributed by atoms with E-state index in [0.29, 0.717) is 24.8 Å². The number of hydrogen-bond acceptors (Lipinski definition) is 6. The molecule has 7 heteroatoms. The monoisotopic (exact) mass is 440 g/mol. The molecule has 7 nitrogen and oxygen atoms in total. The summed E-state index contributed by atoms with van der Waals surface area (Å²) in [7, 11) is 0. The Balaban J connectivity index is 1.33. The maximum absolute atomic E-state index is 12.3. The van der Waals surface area contributed by atoms with Crippen LogP contribution in [0.4, 0.5) is 11.4 Å². The second kappa shape index (κ2) is 12.4. The molecule has 0 unspecified atom stereocenters. The van der Waals surface area contributed by atoms with Gasteiger partial charge in [-0.15, -0.1) is 0 Å². The van der Waals surface area contributed by atoms with Crippen LogP contribution in [0, 0.1) is 0 Å². The van der Waals surface area contributed by atoms with Crippen molar-refractivity contribution >= 4 is 17.3 Å². The standard InChI is InChI=1S/C25H36N4O3/c1-20(2)26-18-23(30)19-32-24-10-8-21(9-11-24)27-25(31)12-13-28-14-16-29(17-15-28)22-6-4-3-5-7-22/h3-11,20,23,26,30H,12-19H2,1-2H3,(H,27,31)/t23-/m1/s1. The van der Waals surface area contributed by atoms with E-state index in [0.717, 1.165) is 38.4 Å². The molecule has 1 atom stereocenters. The van der Waals surface area contributed by atoms with Gasteiger partial charge in [-0.2, -0.15) is 0 Å². The highest BCUT2D eigenvalue weighted by Gasteiger charge is 2.17. The van der Waals surface area contributed by atoms with Crippen molar-refractivity contribution in [3.05, 3.63) is 54.6 Å². The fourth-order valence-corrected chi connectivity index (χ4v) is 3.61. The third kappa shape index (κ3) is 8.15. The van der Waals surface area contributed by atoms with Gasteiger partial charge in [0.05, 0.1) is 0 Å². The number of amides is 1. The third-order valence-corrected chi connectivity index (χ3v) is 5.49. The van der Waals surface area contributed by atoms with E-state index in [2.05, 4.69) is 44.7 Å². The van der Waals surface area contributed by atoms with E-state index in [4.69, 9.17) is 4.74 Å². The van der Waals surface area contributed by atoms with E-state index in [9.17, 15) is 9.90 Å². The van der Waals surface area contributed by atoms with Crippen LogP contribution in [0.15, 0.2) is 54.6 Å². The van der Waals surface area contributed by atoms with Gasteiger partial charge in [0, 0.05) is 63.1 Å². The zero-order valence-corrected chi connectivity index (χ0v) is 19.2. The van der Waals surface area contributed by atoms with Gasteiger partial charge in [-0.1, -0.05) is 32.0 Å². The molecular formula is C25H36N4O3. The highest BCUT2D eigenvalue weighted by molar-refractivity contribution is 5.90. The summed E-state index contributed by atoms with van der Waals surface area (Å²) in [5, 5.41) is 16.0. The minimum Gasteiger partial charge on any atom is -0.491 e. The van der Waals surface area contributed by atoms with Gasteiger partial charge in [-0.25, -0.2) is 0 Å². The first-order chi connectivity index (χ1) is 15.5. The lowest BCUT2D eigenvalue weighted by molar-refractivity contribution is -0.116. The molecule has 0 aromatic heterocycles. The first-order valence-electron chi connectivity index (χ1n) is 11.5. The lowest BCUT2D eigenvalue weighted by Gasteiger charge is -2.36. The van der Waals surface area contributed by atoms with Gasteiger partial charge in [-0.05, 0) is 36.4 Å². The fourth-order valence-electron chi connectivity index (χ4n) is 3.61. The number of nitrogens with zero attached hydrogens (tertiary/aromatic N) is 2. The van der Waals surface area contributed by atoms with Gasteiger partial charge in [-0.3, -0.25) is 9.69 Å². The number of piperazine rings is 1. The Bertz CT molecular complexity index is 806. The third-order valence-electron chi connectivity index (χ3n) is 5.49. The van der Waals surface area contributed by atoms with Crippen molar-refractivity contribution in [2.45, 2.75) is 32.4 Å². The van der Waals surface area contributed by atoms with Crippen molar-refractivity contribution in [2.75, 3.05) is 56.1 Å². The Kier molecular flexibility index (Phi) is 9.34. The van der Waals surface area contributed by atoms with Crippen LogP contribution >= 0.6 is 0 Å². The predicted molar refractivity (Wildman–Crippen MR) is 129 cm³/mol. The lowest BCUT2D eigenvalue weighted by Crippen LogP contribution is -2.47. The largest absolute Gasteiger partial charge is 0.491 e. The second-order valence-electron chi connectivity index (χ2n) is 8.51. The number of carbonyl (C=O) groups excluding carboxylic acids is 1. The number of nitrogens with one attached hydrogen (secondary N) is 2. The molecule has 2 aromatic rings. The SMILES string of the molecule is CC(C)NC[C@@H](O)COc1ccc(NC(=O)CCN2CCN(c3ccccc3)CC2)cc1. The Morgan fingerprint density at radius 2 is 1.72 bits per heavy atom. The van der Waals surface area contributed by atoms with Crippen LogP contribution in [0.25, 0.3) is 0 Å². The number of aliphatic hydroxyl groups is 1. The second-order valence-corrected chi connectivity index (χ2v) is 8.51. The van der Waals surface area contributed by atoms with E-state index >= 15 is 0 Å². The summed E-state index contributed by atoms with van der Waals surface area (Å²) in [6.07, 6.45) is -0.0927. The van der Waals surface area contributed by atoms with Crippen LogP contribution in [-0.2, 0) is 4.79 Å². The number of aliphatic hydroxyl groups excluding tert-OH is 1. The van der Waals surface area contributed by atoms with Crippen LogP contribution in [0.5, 0.6) is 5.75 Å². The van der Waals surface area contributed by atoms with Gasteiger partial charge < -0.3 is 25.4 Å². The maximum Gasteiger partial charge on any atom is 0.225 e. The average Bonchev–Trinajstić information content (AvgIpc) is 2.82. The van der Waals surface area contributed by atoms with Gasteiger partial charge in [0.1, 0.15) is 18.5 Å². The molecule has 3 rings (SSSR count). The van der Waals surface area contributed by atoms with E-state index < -0.39 is 6.10 Å². The zero-order valence-electron chi connectivity index (χ0n) is 19.2. The first-order valence-corrected chi connectivity index (χ1v) is 11.5. The van der Waals surface area contributed by atoms with Crippen LogP contribution in [-0.4, -0.2) is 73.9 Å². The molecule has 0 aliphatic carbocycles. The molecule has 1 amide bonds. The number of carbonyl (C=O) groups is 1. The first kappa shape index (κ1) is 24.0. The molecule has 3 N–H and O–H groups in total. The maximum atomic E-state index is 12.3. The summed E-state index contributed by atoms with van der Waals surface area (Å²) < 4.78 is 5.61. The summed E-state index contributed by atoms with van der Waals surface area (Å²) in [4.78, 5) is 17.1. The lowest BCUT2D eigenvalue weighted by atomic mass is 10.2. The number of para-hydroxylation sites is 1. The molecule has 0 saturated carbocycles. The van der Waals surface area contributed by atoms with Crippen molar-refractivity contribution in [1.29, 1.82) is 0 Å². The van der Waals surface area contributed by atoms with Crippen molar-refractivity contribution in [3.63, 3.8) is 0 Å². The number of hydrogen-bond donors (Lipinski definition) is 3. The normalized spacial score (nSPS) is 15.6. The molecule has 1 aliphatic rings. The minimum absolute atomic E-state index is 0.0133. The summed E-state index contributed by atoms with van der Waals surface area (Å²) >= 11 is 0. The summed E-state index contributed by atoms with van der Waals surface area (Å²) in [6.45, 7) is 9.44. The zero-order chi connectivity index (χ0) is 22.8. The van der Waals surface area contributed by atoms with E-state index in [1.54, 1.807) is 12.1 Å². The minimum atomic E-state index is -0.564.